The number of nitrogens with one attached hydrogen (secondary N) is 1. The molecule has 148 valence electrons. The van der Waals surface area contributed by atoms with Gasteiger partial charge in [-0.3, -0.25) is 14.9 Å². The van der Waals surface area contributed by atoms with Crippen LogP contribution < -0.4 is 10.1 Å². The Morgan fingerprint density at radius 3 is 2.68 bits per heavy atom. The monoisotopic (exact) mass is 388 g/mol. The molecule has 1 N–H and O–H groups in total. The van der Waals surface area contributed by atoms with Crippen LogP contribution in [-0.2, 0) is 16.1 Å². The van der Waals surface area contributed by atoms with Crippen LogP contribution in [0.3, 0.4) is 0 Å². The Bertz CT molecular complexity index is 915. The first-order valence-corrected chi connectivity index (χ1v) is 8.43. The molecule has 0 radical (unpaired) electrons. The summed E-state index contributed by atoms with van der Waals surface area (Å²) in [5, 5.41) is 13.3. The van der Waals surface area contributed by atoms with E-state index >= 15 is 0 Å². The number of carbonyl (C=O) groups excluding carboxylic acids is 2. The molecule has 0 saturated carbocycles. The number of allylic oxidation sites excluding steroid dienone is 1. The summed E-state index contributed by atoms with van der Waals surface area (Å²) in [6, 6.07) is 7.47. The topological polar surface area (TPSA) is 121 Å². The molecule has 2 aromatic rings. The van der Waals surface area contributed by atoms with E-state index in [1.54, 1.807) is 32.9 Å². The van der Waals surface area contributed by atoms with E-state index in [-0.39, 0.29) is 24.7 Å². The lowest BCUT2D eigenvalue weighted by atomic mass is 10.2. The second-order valence-electron chi connectivity index (χ2n) is 5.79. The van der Waals surface area contributed by atoms with Gasteiger partial charge < -0.3 is 19.2 Å². The van der Waals surface area contributed by atoms with Gasteiger partial charge in [0.25, 0.3) is 11.6 Å². The van der Waals surface area contributed by atoms with Crippen LogP contribution in [0.5, 0.6) is 5.75 Å². The molecule has 0 bridgehead atoms. The van der Waals surface area contributed by atoms with Crippen molar-refractivity contribution in [2.45, 2.75) is 27.4 Å². The van der Waals surface area contributed by atoms with Gasteiger partial charge in [0.15, 0.2) is 5.76 Å². The van der Waals surface area contributed by atoms with Gasteiger partial charge in [0.1, 0.15) is 18.1 Å². The number of rotatable bonds is 8. The highest BCUT2D eigenvalue weighted by Gasteiger charge is 2.14. The summed E-state index contributed by atoms with van der Waals surface area (Å²) < 4.78 is 15.7. The molecule has 0 spiro atoms. The Balaban J connectivity index is 1.95. The van der Waals surface area contributed by atoms with Crippen molar-refractivity contribution in [2.75, 3.05) is 6.61 Å². The number of benzene rings is 1. The molecule has 2 rings (SSSR count). The smallest absolute Gasteiger partial charge is 0.332 e. The van der Waals surface area contributed by atoms with Crippen molar-refractivity contribution in [3.63, 3.8) is 0 Å². The number of furan rings is 1. The van der Waals surface area contributed by atoms with Crippen molar-refractivity contribution in [3.8, 4) is 5.75 Å². The van der Waals surface area contributed by atoms with E-state index in [0.717, 1.165) is 0 Å². The molecule has 1 aromatic heterocycles. The summed E-state index contributed by atoms with van der Waals surface area (Å²) in [4.78, 5) is 33.8. The molecule has 0 aliphatic heterocycles. The lowest BCUT2D eigenvalue weighted by Crippen LogP contribution is -2.21. The Labute approximate surface area is 161 Å². The van der Waals surface area contributed by atoms with Gasteiger partial charge in [0.2, 0.25) is 0 Å². The maximum Gasteiger partial charge on any atom is 0.332 e. The third-order valence-corrected chi connectivity index (χ3v) is 3.56. The van der Waals surface area contributed by atoms with Crippen molar-refractivity contribution < 1.29 is 28.4 Å². The highest BCUT2D eigenvalue weighted by atomic mass is 16.6. The van der Waals surface area contributed by atoms with Crippen molar-refractivity contribution in [1.82, 2.24) is 5.32 Å². The summed E-state index contributed by atoms with van der Waals surface area (Å²) in [7, 11) is 0. The first-order valence-electron chi connectivity index (χ1n) is 8.43. The lowest BCUT2D eigenvalue weighted by Gasteiger charge is -2.06. The SMILES string of the molecule is CCOC(=O)/C=C(\C)NC(=O)c1ccc(COc2ccc([N+](=O)[O-])c(C)c2)o1. The van der Waals surface area contributed by atoms with Crippen LogP contribution in [0.15, 0.2) is 46.5 Å². The van der Waals surface area contributed by atoms with E-state index in [1.165, 1.54) is 24.3 Å². The fourth-order valence-corrected chi connectivity index (χ4v) is 2.29. The Kier molecular flexibility index (Phi) is 6.91. The van der Waals surface area contributed by atoms with E-state index in [1.807, 2.05) is 0 Å². The molecular weight excluding hydrogens is 368 g/mol. The zero-order valence-electron chi connectivity index (χ0n) is 15.7. The number of nitrogens with zero attached hydrogens (tertiary/aromatic N) is 1. The Morgan fingerprint density at radius 2 is 2.04 bits per heavy atom. The normalized spacial score (nSPS) is 11.0. The van der Waals surface area contributed by atoms with Crippen LogP contribution in [0.2, 0.25) is 0 Å². The molecule has 0 fully saturated rings. The van der Waals surface area contributed by atoms with Gasteiger partial charge in [0, 0.05) is 23.4 Å². The summed E-state index contributed by atoms with van der Waals surface area (Å²) >= 11 is 0. The molecule has 1 amide bonds. The second-order valence-corrected chi connectivity index (χ2v) is 5.79. The fraction of sp³-hybridized carbons (Fsp3) is 0.263. The quantitative estimate of drug-likeness (QED) is 0.319. The number of hydrogen-bond donors (Lipinski definition) is 1. The van der Waals surface area contributed by atoms with Crippen LogP contribution in [0.4, 0.5) is 5.69 Å². The minimum Gasteiger partial charge on any atom is -0.486 e. The molecule has 1 heterocycles. The van der Waals surface area contributed by atoms with E-state index in [4.69, 9.17) is 13.9 Å². The molecule has 0 unspecified atom stereocenters. The number of aryl methyl sites for hydroxylation is 1. The lowest BCUT2D eigenvalue weighted by molar-refractivity contribution is -0.385. The first kappa shape index (κ1) is 20.7. The highest BCUT2D eigenvalue weighted by Crippen LogP contribution is 2.24. The van der Waals surface area contributed by atoms with Gasteiger partial charge in [-0.25, -0.2) is 4.79 Å². The third-order valence-electron chi connectivity index (χ3n) is 3.56. The summed E-state index contributed by atoms with van der Waals surface area (Å²) in [5.41, 5.74) is 0.806. The number of carbonyl (C=O) groups is 2. The van der Waals surface area contributed by atoms with Crippen LogP contribution in [0, 0.1) is 17.0 Å². The minimum absolute atomic E-state index is 0.00977. The van der Waals surface area contributed by atoms with Gasteiger partial charge in [-0.05, 0) is 45.0 Å². The maximum atomic E-state index is 12.1. The van der Waals surface area contributed by atoms with E-state index in [9.17, 15) is 19.7 Å². The molecule has 0 aliphatic carbocycles. The Morgan fingerprint density at radius 1 is 1.29 bits per heavy atom. The predicted octanol–water partition coefficient (Wildman–Crippen LogP) is 3.27. The number of esters is 1. The maximum absolute atomic E-state index is 12.1. The zero-order valence-corrected chi connectivity index (χ0v) is 15.7. The van der Waals surface area contributed by atoms with Gasteiger partial charge in [0.05, 0.1) is 11.5 Å². The van der Waals surface area contributed by atoms with Crippen LogP contribution >= 0.6 is 0 Å². The molecule has 0 saturated heterocycles. The average molecular weight is 388 g/mol. The number of amides is 1. The summed E-state index contributed by atoms with van der Waals surface area (Å²) in [5.74, 6) is -0.176. The van der Waals surface area contributed by atoms with Gasteiger partial charge in [-0.15, -0.1) is 0 Å². The summed E-state index contributed by atoms with van der Waals surface area (Å²) in [6.45, 7) is 5.14. The first-order chi connectivity index (χ1) is 13.3. The molecule has 9 nitrogen and oxygen atoms in total. The van der Waals surface area contributed by atoms with Crippen LogP contribution in [-0.4, -0.2) is 23.4 Å². The highest BCUT2D eigenvalue weighted by molar-refractivity contribution is 5.93. The summed E-state index contributed by atoms with van der Waals surface area (Å²) in [6.07, 6.45) is 1.17. The van der Waals surface area contributed by atoms with Gasteiger partial charge in [-0.1, -0.05) is 0 Å². The van der Waals surface area contributed by atoms with Crippen molar-refractivity contribution >= 4 is 17.6 Å². The van der Waals surface area contributed by atoms with Crippen molar-refractivity contribution in [1.29, 1.82) is 0 Å². The van der Waals surface area contributed by atoms with Crippen LogP contribution in [0.1, 0.15) is 35.7 Å². The molecule has 0 aliphatic rings. The van der Waals surface area contributed by atoms with Crippen molar-refractivity contribution in [2.24, 2.45) is 0 Å². The molecule has 28 heavy (non-hydrogen) atoms. The van der Waals surface area contributed by atoms with E-state index < -0.39 is 16.8 Å². The molecule has 9 heteroatoms. The largest absolute Gasteiger partial charge is 0.486 e. The number of nitro groups is 1. The van der Waals surface area contributed by atoms with E-state index in [0.29, 0.717) is 22.8 Å². The third kappa shape index (κ3) is 5.70. The minimum atomic E-state index is -0.549. The molecular formula is C19H20N2O7. The van der Waals surface area contributed by atoms with E-state index in [2.05, 4.69) is 5.32 Å². The Hall–Kier alpha value is -3.62. The zero-order chi connectivity index (χ0) is 20.7. The number of nitro benzene ring substituents is 1. The second kappa shape index (κ2) is 9.36. The number of ether oxygens (including phenoxy) is 2. The average Bonchev–Trinajstić information content (AvgIpc) is 3.08. The molecule has 1 aromatic carbocycles. The van der Waals surface area contributed by atoms with Crippen LogP contribution in [0.25, 0.3) is 0 Å². The number of hydrogen-bond acceptors (Lipinski definition) is 7. The predicted molar refractivity (Wildman–Crippen MR) is 98.7 cm³/mol. The standard InChI is InChI=1S/C19H20N2O7/c1-4-26-18(22)10-13(3)20-19(23)17-8-6-15(28-17)11-27-14-5-7-16(21(24)25)12(2)9-14/h5-10H,4,11H2,1-3H3,(H,20,23)/b13-10+. The molecule has 0 atom stereocenters. The van der Waals surface area contributed by atoms with Gasteiger partial charge >= 0.3 is 5.97 Å². The fourth-order valence-electron chi connectivity index (χ4n) is 2.29. The van der Waals surface area contributed by atoms with Gasteiger partial charge in [-0.2, -0.15) is 0 Å². The van der Waals surface area contributed by atoms with Crippen molar-refractivity contribution in [3.05, 3.63) is 69.3 Å².